The highest BCUT2D eigenvalue weighted by atomic mass is 35.5. The Balaban J connectivity index is 1.41. The Morgan fingerprint density at radius 2 is 1.97 bits per heavy atom. The molecule has 0 spiro atoms. The molecule has 0 radical (unpaired) electrons. The van der Waals surface area contributed by atoms with Gasteiger partial charge in [0.05, 0.1) is 34.8 Å². The molecule has 2 aliphatic heterocycles. The van der Waals surface area contributed by atoms with E-state index in [1.807, 2.05) is 12.1 Å². The summed E-state index contributed by atoms with van der Waals surface area (Å²) in [5.74, 6) is 2.91. The lowest BCUT2D eigenvalue weighted by Gasteiger charge is -2.39. The Hall–Kier alpha value is -3.11. The van der Waals surface area contributed by atoms with Gasteiger partial charge in [0, 0.05) is 37.1 Å². The van der Waals surface area contributed by atoms with Crippen molar-refractivity contribution in [1.82, 2.24) is 24.9 Å². The second kappa shape index (κ2) is 10.1. The lowest BCUT2D eigenvalue weighted by atomic mass is 9.83. The van der Waals surface area contributed by atoms with E-state index in [1.165, 1.54) is 32.1 Å². The van der Waals surface area contributed by atoms with Crippen LogP contribution in [0.4, 0.5) is 16.6 Å². The number of fused-ring (bicyclic) bond motifs is 2. The van der Waals surface area contributed by atoms with Gasteiger partial charge in [0.2, 0.25) is 5.95 Å². The summed E-state index contributed by atoms with van der Waals surface area (Å²) in [6.07, 6.45) is 11.5. The van der Waals surface area contributed by atoms with Crippen molar-refractivity contribution in [2.75, 3.05) is 29.8 Å². The van der Waals surface area contributed by atoms with Gasteiger partial charge in [-0.25, -0.2) is 25.2 Å². The summed E-state index contributed by atoms with van der Waals surface area (Å²) in [4.78, 5) is 29.0. The Morgan fingerprint density at radius 1 is 1.10 bits per heavy atom. The van der Waals surface area contributed by atoms with E-state index in [4.69, 9.17) is 31.0 Å². The molecule has 5 heterocycles. The first-order valence-electron chi connectivity index (χ1n) is 14.1. The van der Waals surface area contributed by atoms with Crippen LogP contribution in [0, 0.1) is 11.8 Å². The molecule has 7 rings (SSSR count). The average molecular weight is 552 g/mol. The highest BCUT2D eigenvalue weighted by Crippen LogP contribution is 2.40. The number of rotatable bonds is 5. The number of anilines is 2. The number of hydrogen-bond donors (Lipinski definition) is 1. The summed E-state index contributed by atoms with van der Waals surface area (Å²) in [7, 11) is 0. The van der Waals surface area contributed by atoms with E-state index in [0.29, 0.717) is 29.4 Å². The third kappa shape index (κ3) is 4.67. The third-order valence-corrected chi connectivity index (χ3v) is 9.02. The predicted molar refractivity (Wildman–Crippen MR) is 149 cm³/mol. The zero-order valence-electron chi connectivity index (χ0n) is 22.2. The molecule has 4 aliphatic rings. The topological polar surface area (TPSA) is 97.6 Å². The van der Waals surface area contributed by atoms with Gasteiger partial charge >= 0.3 is 6.09 Å². The summed E-state index contributed by atoms with van der Waals surface area (Å²) < 4.78 is 13.7. The number of morpholine rings is 1. The van der Waals surface area contributed by atoms with Crippen molar-refractivity contribution in [3.8, 4) is 11.3 Å². The van der Waals surface area contributed by atoms with Crippen LogP contribution >= 0.6 is 11.6 Å². The smallest absolute Gasteiger partial charge is 0.425 e. The van der Waals surface area contributed by atoms with Crippen LogP contribution in [-0.2, 0) is 16.0 Å². The summed E-state index contributed by atoms with van der Waals surface area (Å²) in [5, 5.41) is 2.15. The number of cyclic esters (lactones) is 1. The number of nitrogens with zero attached hydrogens (tertiary/aromatic N) is 6. The third-order valence-electron chi connectivity index (χ3n) is 8.81. The number of nitrogens with one attached hydrogen (secondary N) is 1. The molecule has 1 N–H and O–H groups in total. The Kier molecular flexibility index (Phi) is 6.47. The molecule has 3 aromatic heterocycles. The molecule has 3 aromatic rings. The van der Waals surface area contributed by atoms with Gasteiger partial charge in [-0.2, -0.15) is 0 Å². The first kappa shape index (κ1) is 24.9. The molecular weight excluding hydrogens is 518 g/mol. The summed E-state index contributed by atoms with van der Waals surface area (Å²) in [6.45, 7) is 4.84. The van der Waals surface area contributed by atoms with Crippen molar-refractivity contribution in [3.05, 3.63) is 29.5 Å². The van der Waals surface area contributed by atoms with E-state index in [9.17, 15) is 4.79 Å². The number of halogens is 1. The van der Waals surface area contributed by atoms with E-state index in [1.54, 1.807) is 17.4 Å². The van der Waals surface area contributed by atoms with Crippen LogP contribution in [-0.4, -0.2) is 57.6 Å². The van der Waals surface area contributed by atoms with Crippen LogP contribution in [0.5, 0.6) is 0 Å². The number of hydrogen-bond acceptors (Lipinski definition) is 8. The Morgan fingerprint density at radius 3 is 2.77 bits per heavy atom. The molecule has 1 amide bonds. The number of ether oxygens (including phenoxy) is 2. The van der Waals surface area contributed by atoms with Gasteiger partial charge < -0.3 is 18.9 Å². The van der Waals surface area contributed by atoms with Crippen LogP contribution in [0.1, 0.15) is 51.9 Å². The van der Waals surface area contributed by atoms with Crippen molar-refractivity contribution < 1.29 is 14.3 Å². The molecule has 11 heteroatoms. The molecule has 0 bridgehead atoms. The fraction of sp³-hybridized carbons (Fsp3) is 0.571. The van der Waals surface area contributed by atoms with Crippen LogP contribution in [0.15, 0.2) is 24.5 Å². The fourth-order valence-electron chi connectivity index (χ4n) is 6.77. The second-order valence-corrected chi connectivity index (χ2v) is 11.9. The maximum absolute atomic E-state index is 11.8. The molecule has 2 saturated carbocycles. The Labute approximate surface area is 232 Å². The molecule has 2 saturated heterocycles. The van der Waals surface area contributed by atoms with Crippen molar-refractivity contribution in [2.24, 2.45) is 11.8 Å². The number of imidazole rings is 1. The molecule has 2 atom stereocenters. The summed E-state index contributed by atoms with van der Waals surface area (Å²) in [6, 6.07) is 4.16. The van der Waals surface area contributed by atoms with Crippen LogP contribution in [0.25, 0.3) is 22.3 Å². The predicted octanol–water partition coefficient (Wildman–Crippen LogP) is 5.15. The normalized spacial score (nSPS) is 27.1. The number of aromatic nitrogens is 4. The number of carbonyl (C=O) groups is 1. The minimum Gasteiger partial charge on any atom is -0.425 e. The molecule has 10 nitrogen and oxygen atoms in total. The van der Waals surface area contributed by atoms with Crippen molar-refractivity contribution in [2.45, 2.75) is 70.6 Å². The van der Waals surface area contributed by atoms with E-state index in [-0.39, 0.29) is 12.8 Å². The first-order chi connectivity index (χ1) is 19.0. The minimum atomic E-state index is -0.499. The van der Waals surface area contributed by atoms with Gasteiger partial charge in [-0.05, 0) is 50.0 Å². The van der Waals surface area contributed by atoms with Gasteiger partial charge in [-0.1, -0.05) is 31.4 Å². The quantitative estimate of drug-likeness (QED) is 0.465. The molecule has 206 valence electrons. The summed E-state index contributed by atoms with van der Waals surface area (Å²) in [5.41, 5.74) is 6.08. The first-order valence-corrected chi connectivity index (χ1v) is 14.5. The van der Waals surface area contributed by atoms with Gasteiger partial charge in [0.15, 0.2) is 12.5 Å². The van der Waals surface area contributed by atoms with Crippen LogP contribution < -0.4 is 15.3 Å². The van der Waals surface area contributed by atoms with Crippen molar-refractivity contribution in [3.63, 3.8) is 0 Å². The maximum Gasteiger partial charge on any atom is 0.428 e. The maximum atomic E-state index is 11.8. The fourth-order valence-corrected chi connectivity index (χ4v) is 6.94. The molecule has 4 fully saturated rings. The van der Waals surface area contributed by atoms with Gasteiger partial charge in [0.1, 0.15) is 5.69 Å². The largest absolute Gasteiger partial charge is 0.428 e. The van der Waals surface area contributed by atoms with Crippen molar-refractivity contribution in [1.29, 1.82) is 0 Å². The number of carbonyl (C=O) groups excluding carboxylic acids is 1. The average Bonchev–Trinajstić information content (AvgIpc) is 3.68. The van der Waals surface area contributed by atoms with Crippen molar-refractivity contribution >= 4 is 40.5 Å². The van der Waals surface area contributed by atoms with Crippen LogP contribution in [0.3, 0.4) is 0 Å². The van der Waals surface area contributed by atoms with Gasteiger partial charge in [-0.3, -0.25) is 4.98 Å². The minimum absolute atomic E-state index is 0.0750. The monoisotopic (exact) mass is 551 g/mol. The molecule has 0 unspecified atom stereocenters. The zero-order valence-corrected chi connectivity index (χ0v) is 22.9. The molecule has 39 heavy (non-hydrogen) atoms. The lowest BCUT2D eigenvalue weighted by molar-refractivity contribution is 0.0247. The number of hydrazine groups is 1. The summed E-state index contributed by atoms with van der Waals surface area (Å²) >= 11 is 6.41. The van der Waals surface area contributed by atoms with E-state index in [2.05, 4.69) is 26.8 Å². The van der Waals surface area contributed by atoms with Gasteiger partial charge in [0.25, 0.3) is 0 Å². The molecular formula is C28H34ClN7O3. The van der Waals surface area contributed by atoms with E-state index >= 15 is 0 Å². The Bertz CT molecular complexity index is 1390. The highest BCUT2D eigenvalue weighted by Gasteiger charge is 2.39. The SMILES string of the molecule is CC1CCC(Cn2c(N3CCO[C@H]4CCC[C@@H]43)nc3cc(N4COC(=O)N4)nc(-c4cncc(Cl)c4)c32)CC1. The zero-order chi connectivity index (χ0) is 26.5. The molecule has 0 aromatic carbocycles. The standard InChI is InChI=1S/C28H34ClN7O3/c1-17-5-7-18(8-6-17)15-35-26-21(31-27(35)34-9-10-38-23-4-2-3-22(23)34)12-24(36-16-39-28(37)33-36)32-25(26)19-11-20(29)14-30-13-19/h11-14,17-18,22-23H,2-10,15-16H2,1H3,(H,33,37)/t17?,18?,22-,23-/m0/s1. The highest BCUT2D eigenvalue weighted by molar-refractivity contribution is 6.30. The van der Waals surface area contributed by atoms with E-state index < -0.39 is 6.09 Å². The van der Waals surface area contributed by atoms with Gasteiger partial charge in [-0.15, -0.1) is 0 Å². The lowest BCUT2D eigenvalue weighted by Crippen LogP contribution is -2.49. The van der Waals surface area contributed by atoms with Crippen LogP contribution in [0.2, 0.25) is 5.02 Å². The number of pyridine rings is 2. The number of amides is 1. The van der Waals surface area contributed by atoms with E-state index in [0.717, 1.165) is 60.1 Å². The second-order valence-electron chi connectivity index (χ2n) is 11.4. The molecule has 2 aliphatic carbocycles.